The molecular formula is C17H26ClN3O4. The van der Waals surface area contributed by atoms with Crippen LogP contribution in [0.25, 0.3) is 0 Å². The lowest BCUT2D eigenvalue weighted by Crippen LogP contribution is -2.48. The number of carbonyl (C=O) groups excluding carboxylic acids is 2. The molecule has 2 rings (SSSR count). The van der Waals surface area contributed by atoms with Gasteiger partial charge in [0.25, 0.3) is 5.91 Å². The first-order valence-corrected chi connectivity index (χ1v) is 8.15. The van der Waals surface area contributed by atoms with E-state index in [4.69, 9.17) is 15.2 Å². The minimum Gasteiger partial charge on any atom is -0.497 e. The summed E-state index contributed by atoms with van der Waals surface area (Å²) in [6, 6.07) is 6.31. The standard InChI is InChI=1S/C17H25N3O4.ClH/c1-23-14-4-2-13(3-5-14)16(21)19-8-9-20-17(22)15(18)12-6-10-24-11-7-12;/h2-5,12,15H,6-11,18H2,1H3,(H,19,21)(H,20,22);1H. The summed E-state index contributed by atoms with van der Waals surface area (Å²) in [6.07, 6.45) is 1.62. The lowest BCUT2D eigenvalue weighted by molar-refractivity contribution is -0.124. The van der Waals surface area contributed by atoms with Crippen LogP contribution in [0.3, 0.4) is 0 Å². The van der Waals surface area contributed by atoms with Crippen LogP contribution in [0.5, 0.6) is 5.75 Å². The summed E-state index contributed by atoms with van der Waals surface area (Å²) in [7, 11) is 1.57. The molecule has 0 bridgehead atoms. The van der Waals surface area contributed by atoms with Crippen molar-refractivity contribution in [3.63, 3.8) is 0 Å². The van der Waals surface area contributed by atoms with Gasteiger partial charge in [-0.3, -0.25) is 9.59 Å². The third-order valence-electron chi connectivity index (χ3n) is 4.14. The van der Waals surface area contributed by atoms with Crippen LogP contribution < -0.4 is 21.1 Å². The van der Waals surface area contributed by atoms with Crippen molar-refractivity contribution in [2.75, 3.05) is 33.4 Å². The fraction of sp³-hybridized carbons (Fsp3) is 0.529. The molecule has 8 heteroatoms. The molecular weight excluding hydrogens is 346 g/mol. The first-order chi connectivity index (χ1) is 11.6. The van der Waals surface area contributed by atoms with Gasteiger partial charge in [0.2, 0.25) is 5.91 Å². The average molecular weight is 372 g/mol. The van der Waals surface area contributed by atoms with Crippen molar-refractivity contribution in [2.24, 2.45) is 11.7 Å². The van der Waals surface area contributed by atoms with Crippen LogP contribution >= 0.6 is 12.4 Å². The number of carbonyl (C=O) groups is 2. The molecule has 7 nitrogen and oxygen atoms in total. The summed E-state index contributed by atoms with van der Waals surface area (Å²) >= 11 is 0. The van der Waals surface area contributed by atoms with Crippen molar-refractivity contribution in [1.29, 1.82) is 0 Å². The second kappa shape index (κ2) is 10.9. The van der Waals surface area contributed by atoms with E-state index in [0.717, 1.165) is 12.8 Å². The number of amides is 2. The largest absolute Gasteiger partial charge is 0.497 e. The Morgan fingerprint density at radius 2 is 1.80 bits per heavy atom. The SMILES string of the molecule is COc1ccc(C(=O)NCCNC(=O)C(N)C2CCOCC2)cc1.Cl. The van der Waals surface area contributed by atoms with E-state index in [2.05, 4.69) is 10.6 Å². The van der Waals surface area contributed by atoms with Crippen LogP contribution in [0.15, 0.2) is 24.3 Å². The summed E-state index contributed by atoms with van der Waals surface area (Å²) in [6.45, 7) is 2.00. The van der Waals surface area contributed by atoms with Crippen molar-refractivity contribution in [3.8, 4) is 5.75 Å². The zero-order chi connectivity index (χ0) is 17.4. The maximum atomic E-state index is 12.0. The molecule has 140 valence electrons. The van der Waals surface area contributed by atoms with Gasteiger partial charge < -0.3 is 25.8 Å². The van der Waals surface area contributed by atoms with Crippen LogP contribution in [0.1, 0.15) is 23.2 Å². The molecule has 1 heterocycles. The predicted molar refractivity (Wildman–Crippen MR) is 97.1 cm³/mol. The smallest absolute Gasteiger partial charge is 0.251 e. The summed E-state index contributed by atoms with van der Waals surface area (Å²) in [4.78, 5) is 24.0. The Kier molecular flexibility index (Phi) is 9.26. The van der Waals surface area contributed by atoms with E-state index in [9.17, 15) is 9.59 Å². The highest BCUT2D eigenvalue weighted by Gasteiger charge is 2.26. The number of benzene rings is 1. The second-order valence-corrected chi connectivity index (χ2v) is 5.75. The van der Waals surface area contributed by atoms with Gasteiger partial charge in [-0.2, -0.15) is 0 Å². The summed E-state index contributed by atoms with van der Waals surface area (Å²) in [5.41, 5.74) is 6.53. The fourth-order valence-corrected chi connectivity index (χ4v) is 2.61. The minimum absolute atomic E-state index is 0. The number of halogens is 1. The Morgan fingerprint density at radius 3 is 2.40 bits per heavy atom. The molecule has 1 fully saturated rings. The quantitative estimate of drug-likeness (QED) is 0.613. The van der Waals surface area contributed by atoms with Crippen LogP contribution in [-0.4, -0.2) is 51.3 Å². The van der Waals surface area contributed by atoms with E-state index < -0.39 is 6.04 Å². The summed E-state index contributed by atoms with van der Waals surface area (Å²) in [5.74, 6) is 0.481. The molecule has 1 aliphatic rings. The average Bonchev–Trinajstić information content (AvgIpc) is 2.65. The van der Waals surface area contributed by atoms with E-state index in [-0.39, 0.29) is 30.1 Å². The van der Waals surface area contributed by atoms with E-state index in [1.165, 1.54) is 0 Å². The van der Waals surface area contributed by atoms with Crippen LogP contribution in [0.4, 0.5) is 0 Å². The van der Waals surface area contributed by atoms with Crippen molar-refractivity contribution >= 4 is 24.2 Å². The maximum Gasteiger partial charge on any atom is 0.251 e. The molecule has 0 saturated carbocycles. The van der Waals surface area contributed by atoms with Gasteiger partial charge in [-0.05, 0) is 43.0 Å². The van der Waals surface area contributed by atoms with Crippen molar-refractivity contribution < 1.29 is 19.1 Å². The van der Waals surface area contributed by atoms with E-state index in [1.807, 2.05) is 0 Å². The van der Waals surface area contributed by atoms with Gasteiger partial charge in [0.1, 0.15) is 5.75 Å². The molecule has 1 aliphatic heterocycles. The predicted octanol–water partition coefficient (Wildman–Crippen LogP) is 0.717. The van der Waals surface area contributed by atoms with Crippen molar-refractivity contribution in [2.45, 2.75) is 18.9 Å². The second-order valence-electron chi connectivity index (χ2n) is 5.75. The molecule has 0 radical (unpaired) electrons. The zero-order valence-electron chi connectivity index (χ0n) is 14.3. The van der Waals surface area contributed by atoms with E-state index >= 15 is 0 Å². The monoisotopic (exact) mass is 371 g/mol. The van der Waals surface area contributed by atoms with E-state index in [0.29, 0.717) is 37.6 Å². The van der Waals surface area contributed by atoms with Crippen LogP contribution in [0, 0.1) is 5.92 Å². The number of nitrogens with two attached hydrogens (primary N) is 1. The maximum absolute atomic E-state index is 12.0. The zero-order valence-corrected chi connectivity index (χ0v) is 15.1. The lowest BCUT2D eigenvalue weighted by Gasteiger charge is -2.26. The van der Waals surface area contributed by atoms with Gasteiger partial charge in [0.05, 0.1) is 13.2 Å². The van der Waals surface area contributed by atoms with Crippen LogP contribution in [0.2, 0.25) is 0 Å². The molecule has 0 aliphatic carbocycles. The highest BCUT2D eigenvalue weighted by atomic mass is 35.5. The summed E-state index contributed by atoms with van der Waals surface area (Å²) < 4.78 is 10.3. The Morgan fingerprint density at radius 1 is 1.20 bits per heavy atom. The minimum atomic E-state index is -0.522. The van der Waals surface area contributed by atoms with Gasteiger partial charge in [-0.25, -0.2) is 0 Å². The molecule has 1 unspecified atom stereocenters. The van der Waals surface area contributed by atoms with Gasteiger partial charge in [-0.15, -0.1) is 12.4 Å². The molecule has 1 saturated heterocycles. The third-order valence-corrected chi connectivity index (χ3v) is 4.14. The number of ether oxygens (including phenoxy) is 2. The topological polar surface area (TPSA) is 103 Å². The Balaban J connectivity index is 0.00000312. The number of methoxy groups -OCH3 is 1. The molecule has 0 aromatic heterocycles. The molecule has 2 amide bonds. The van der Waals surface area contributed by atoms with E-state index in [1.54, 1.807) is 31.4 Å². The molecule has 25 heavy (non-hydrogen) atoms. The summed E-state index contributed by atoms with van der Waals surface area (Å²) in [5, 5.41) is 5.52. The molecule has 1 aromatic carbocycles. The van der Waals surface area contributed by atoms with Crippen molar-refractivity contribution in [3.05, 3.63) is 29.8 Å². The van der Waals surface area contributed by atoms with Gasteiger partial charge in [0.15, 0.2) is 0 Å². The Labute approximate surface area is 154 Å². The lowest BCUT2D eigenvalue weighted by atomic mass is 9.92. The molecule has 0 spiro atoms. The number of hydrogen-bond donors (Lipinski definition) is 3. The fourth-order valence-electron chi connectivity index (χ4n) is 2.61. The highest BCUT2D eigenvalue weighted by molar-refractivity contribution is 5.94. The van der Waals surface area contributed by atoms with Gasteiger partial charge in [-0.1, -0.05) is 0 Å². The number of rotatable bonds is 7. The van der Waals surface area contributed by atoms with Crippen molar-refractivity contribution in [1.82, 2.24) is 10.6 Å². The molecule has 1 aromatic rings. The number of nitrogens with one attached hydrogen (secondary N) is 2. The Hall–Kier alpha value is -1.83. The first kappa shape index (κ1) is 21.2. The normalized spacial score (nSPS) is 15.6. The first-order valence-electron chi connectivity index (χ1n) is 8.15. The third kappa shape index (κ3) is 6.53. The Bertz CT molecular complexity index is 547. The van der Waals surface area contributed by atoms with Crippen LogP contribution in [-0.2, 0) is 9.53 Å². The van der Waals surface area contributed by atoms with Gasteiger partial charge >= 0.3 is 0 Å². The highest BCUT2D eigenvalue weighted by Crippen LogP contribution is 2.17. The molecule has 1 atom stereocenters. The molecule has 4 N–H and O–H groups in total. The number of hydrogen-bond acceptors (Lipinski definition) is 5. The van der Waals surface area contributed by atoms with Gasteiger partial charge in [0, 0.05) is 31.9 Å².